The van der Waals surface area contributed by atoms with Crippen LogP contribution < -0.4 is 5.32 Å². The second-order valence-electron chi connectivity index (χ2n) is 5.89. The van der Waals surface area contributed by atoms with Crippen LogP contribution >= 0.6 is 22.6 Å². The predicted octanol–water partition coefficient (Wildman–Crippen LogP) is 5.06. The molecule has 1 N–H and O–H groups in total. The molecule has 1 nitrogen and oxygen atoms in total. The Bertz CT molecular complexity index is 591. The lowest BCUT2D eigenvalue weighted by atomic mass is 9.74. The number of rotatable bonds is 6. The SMILES string of the molecule is CCCNC(CC1Cc2ccccc21)c1ccc(I)cc1. The van der Waals surface area contributed by atoms with Gasteiger partial charge in [-0.2, -0.15) is 0 Å². The van der Waals surface area contributed by atoms with Gasteiger partial charge in [-0.1, -0.05) is 43.3 Å². The fraction of sp³-hybridized carbons (Fsp3) is 0.368. The van der Waals surface area contributed by atoms with Gasteiger partial charge < -0.3 is 5.32 Å². The van der Waals surface area contributed by atoms with Crippen LogP contribution in [0.4, 0.5) is 0 Å². The van der Waals surface area contributed by atoms with Crippen LogP contribution in [-0.2, 0) is 6.42 Å². The van der Waals surface area contributed by atoms with E-state index in [1.165, 1.54) is 28.4 Å². The molecule has 2 heteroatoms. The highest BCUT2D eigenvalue weighted by atomic mass is 127. The molecule has 0 amide bonds. The van der Waals surface area contributed by atoms with E-state index in [9.17, 15) is 0 Å². The van der Waals surface area contributed by atoms with Gasteiger partial charge in [-0.3, -0.25) is 0 Å². The number of halogens is 1. The fourth-order valence-electron chi connectivity index (χ4n) is 3.21. The molecular weight excluding hydrogens is 369 g/mol. The maximum atomic E-state index is 3.73. The highest BCUT2D eigenvalue weighted by Gasteiger charge is 2.28. The van der Waals surface area contributed by atoms with E-state index in [0.717, 1.165) is 12.5 Å². The summed E-state index contributed by atoms with van der Waals surface area (Å²) in [5.41, 5.74) is 4.53. The topological polar surface area (TPSA) is 12.0 Å². The Balaban J connectivity index is 1.73. The average Bonchev–Trinajstić information content (AvgIpc) is 2.49. The van der Waals surface area contributed by atoms with E-state index in [2.05, 4.69) is 83.4 Å². The lowest BCUT2D eigenvalue weighted by Crippen LogP contribution is -2.27. The molecule has 0 fully saturated rings. The molecule has 0 saturated carbocycles. The molecule has 2 unspecified atom stereocenters. The van der Waals surface area contributed by atoms with Crippen molar-refractivity contribution in [3.8, 4) is 0 Å². The molecule has 1 aliphatic rings. The van der Waals surface area contributed by atoms with Crippen molar-refractivity contribution >= 4 is 22.6 Å². The summed E-state index contributed by atoms with van der Waals surface area (Å²) in [5, 5.41) is 3.73. The quantitative estimate of drug-likeness (QED) is 0.679. The van der Waals surface area contributed by atoms with Gasteiger partial charge in [0, 0.05) is 9.61 Å². The first kappa shape index (κ1) is 15.0. The van der Waals surface area contributed by atoms with Crippen molar-refractivity contribution in [3.05, 3.63) is 68.8 Å². The Morgan fingerprint density at radius 1 is 1.14 bits per heavy atom. The van der Waals surface area contributed by atoms with Crippen LogP contribution in [0, 0.1) is 3.57 Å². The summed E-state index contributed by atoms with van der Waals surface area (Å²) < 4.78 is 1.31. The molecule has 1 aliphatic carbocycles. The normalized spacial score (nSPS) is 17.9. The lowest BCUT2D eigenvalue weighted by Gasteiger charge is -2.33. The summed E-state index contributed by atoms with van der Waals surface area (Å²) in [5.74, 6) is 0.717. The first-order valence-corrected chi connectivity index (χ1v) is 8.92. The Morgan fingerprint density at radius 3 is 2.62 bits per heavy atom. The van der Waals surface area contributed by atoms with Crippen molar-refractivity contribution in [2.24, 2.45) is 0 Å². The summed E-state index contributed by atoms with van der Waals surface area (Å²) in [7, 11) is 0. The van der Waals surface area contributed by atoms with E-state index in [-0.39, 0.29) is 0 Å². The van der Waals surface area contributed by atoms with Crippen LogP contribution in [0.15, 0.2) is 48.5 Å². The second-order valence-corrected chi connectivity index (χ2v) is 7.14. The van der Waals surface area contributed by atoms with Crippen LogP contribution in [0.3, 0.4) is 0 Å². The van der Waals surface area contributed by atoms with E-state index in [0.29, 0.717) is 6.04 Å². The van der Waals surface area contributed by atoms with Crippen LogP contribution in [0.2, 0.25) is 0 Å². The molecule has 2 atom stereocenters. The fourth-order valence-corrected chi connectivity index (χ4v) is 3.57. The molecule has 0 heterocycles. The molecule has 0 spiro atoms. The zero-order valence-electron chi connectivity index (χ0n) is 12.5. The van der Waals surface area contributed by atoms with E-state index in [1.807, 2.05) is 0 Å². The van der Waals surface area contributed by atoms with Crippen LogP contribution in [0.1, 0.15) is 48.4 Å². The van der Waals surface area contributed by atoms with Gasteiger partial charge >= 0.3 is 0 Å². The van der Waals surface area contributed by atoms with Crippen molar-refractivity contribution in [2.45, 2.75) is 38.1 Å². The molecule has 0 bridgehead atoms. The van der Waals surface area contributed by atoms with Gasteiger partial charge in [-0.15, -0.1) is 0 Å². The van der Waals surface area contributed by atoms with Gasteiger partial charge in [0.2, 0.25) is 0 Å². The van der Waals surface area contributed by atoms with E-state index in [1.54, 1.807) is 11.1 Å². The molecule has 2 aromatic carbocycles. The Labute approximate surface area is 141 Å². The molecule has 3 rings (SSSR count). The molecule has 0 saturated heterocycles. The van der Waals surface area contributed by atoms with Gasteiger partial charge in [0.15, 0.2) is 0 Å². The number of benzene rings is 2. The van der Waals surface area contributed by atoms with E-state index in [4.69, 9.17) is 0 Å². The average molecular weight is 391 g/mol. The van der Waals surface area contributed by atoms with Gasteiger partial charge in [0.1, 0.15) is 0 Å². The molecular formula is C19H22IN. The molecule has 0 aromatic heterocycles. The van der Waals surface area contributed by atoms with Gasteiger partial charge in [0.25, 0.3) is 0 Å². The zero-order chi connectivity index (χ0) is 14.7. The van der Waals surface area contributed by atoms with Crippen molar-refractivity contribution in [1.82, 2.24) is 5.32 Å². The van der Waals surface area contributed by atoms with Gasteiger partial charge in [-0.05, 0) is 83.1 Å². The summed E-state index contributed by atoms with van der Waals surface area (Å²) in [6.07, 6.45) is 3.63. The smallest absolute Gasteiger partial charge is 0.0326 e. The summed E-state index contributed by atoms with van der Waals surface area (Å²) in [6.45, 7) is 3.32. The lowest BCUT2D eigenvalue weighted by molar-refractivity contribution is 0.428. The van der Waals surface area contributed by atoms with Crippen molar-refractivity contribution in [1.29, 1.82) is 0 Å². The molecule has 2 aromatic rings. The Hall–Kier alpha value is -0.870. The Morgan fingerprint density at radius 2 is 1.90 bits per heavy atom. The van der Waals surface area contributed by atoms with Crippen molar-refractivity contribution in [2.75, 3.05) is 6.54 Å². The maximum absolute atomic E-state index is 3.73. The zero-order valence-corrected chi connectivity index (χ0v) is 14.6. The van der Waals surface area contributed by atoms with Crippen molar-refractivity contribution in [3.63, 3.8) is 0 Å². The second kappa shape index (κ2) is 6.93. The maximum Gasteiger partial charge on any atom is 0.0326 e. The number of nitrogens with one attached hydrogen (secondary N) is 1. The minimum absolute atomic E-state index is 0.473. The van der Waals surface area contributed by atoms with Gasteiger partial charge in [0.05, 0.1) is 0 Å². The number of hydrogen-bond acceptors (Lipinski definition) is 1. The van der Waals surface area contributed by atoms with Crippen molar-refractivity contribution < 1.29 is 0 Å². The first-order valence-electron chi connectivity index (χ1n) is 7.84. The highest BCUT2D eigenvalue weighted by molar-refractivity contribution is 14.1. The third kappa shape index (κ3) is 3.49. The monoisotopic (exact) mass is 391 g/mol. The summed E-state index contributed by atoms with van der Waals surface area (Å²) >= 11 is 2.37. The molecule has 110 valence electrons. The first-order chi connectivity index (χ1) is 10.3. The van der Waals surface area contributed by atoms with Gasteiger partial charge in [-0.25, -0.2) is 0 Å². The van der Waals surface area contributed by atoms with Crippen LogP contribution in [0.5, 0.6) is 0 Å². The number of hydrogen-bond donors (Lipinski definition) is 1. The standard InChI is InChI=1S/C19H22IN/c1-2-11-21-19(14-7-9-17(20)10-8-14)13-16-12-15-5-3-4-6-18(15)16/h3-10,16,19,21H,2,11-13H2,1H3. The minimum Gasteiger partial charge on any atom is -0.310 e. The Kier molecular flexibility index (Phi) is 4.96. The molecule has 0 aliphatic heterocycles. The summed E-state index contributed by atoms with van der Waals surface area (Å²) in [6, 6.07) is 18.3. The van der Waals surface area contributed by atoms with Crippen LogP contribution in [-0.4, -0.2) is 6.54 Å². The highest BCUT2D eigenvalue weighted by Crippen LogP contribution is 2.40. The largest absolute Gasteiger partial charge is 0.310 e. The summed E-state index contributed by atoms with van der Waals surface area (Å²) in [4.78, 5) is 0. The third-order valence-corrected chi connectivity index (χ3v) is 5.11. The minimum atomic E-state index is 0.473. The number of fused-ring (bicyclic) bond motifs is 1. The van der Waals surface area contributed by atoms with Crippen LogP contribution in [0.25, 0.3) is 0 Å². The van der Waals surface area contributed by atoms with E-state index >= 15 is 0 Å². The van der Waals surface area contributed by atoms with E-state index < -0.39 is 0 Å². The predicted molar refractivity (Wildman–Crippen MR) is 97.7 cm³/mol. The third-order valence-electron chi connectivity index (χ3n) is 4.39. The molecule has 0 radical (unpaired) electrons. The molecule has 21 heavy (non-hydrogen) atoms.